The number of anilines is 1. The molecule has 158 valence electrons. The quantitative estimate of drug-likeness (QED) is 0.389. The molecule has 2 N–H and O–H groups in total. The lowest BCUT2D eigenvalue weighted by molar-refractivity contribution is -0.148. The number of hydrogen-bond donors (Lipinski definition) is 2. The van der Waals surface area contributed by atoms with Crippen LogP contribution in [0.4, 0.5) is 5.69 Å². The largest absolute Gasteiger partial charge is 0.456 e. The predicted octanol–water partition coefficient (Wildman–Crippen LogP) is 0.869. The van der Waals surface area contributed by atoms with E-state index in [1.807, 2.05) is 12.2 Å². The number of amides is 4. The second-order valence-electron chi connectivity index (χ2n) is 7.10. The highest BCUT2D eigenvalue weighted by molar-refractivity contribution is 6.05. The van der Waals surface area contributed by atoms with Crippen molar-refractivity contribution >= 4 is 35.3 Å². The van der Waals surface area contributed by atoms with Crippen LogP contribution in [0.25, 0.3) is 0 Å². The number of nitrogens with one attached hydrogen (secondary N) is 2. The number of esters is 1. The Bertz CT molecular complexity index is 867. The standard InChI is InChI=1S/C21H23N3O6/c1-22-19(27)13-6-8-14(9-7-13)23-17(25)12-30-18(26)10-11-24-20(28)15-4-2-3-5-16(15)21(24)29/h2-3,6-9,15-16H,4-5,10-12H2,1H3,(H,22,27)(H,23,25)/t15-,16+. The van der Waals surface area contributed by atoms with Gasteiger partial charge in [-0.05, 0) is 37.1 Å². The summed E-state index contributed by atoms with van der Waals surface area (Å²) in [6, 6.07) is 6.22. The average Bonchev–Trinajstić information content (AvgIpc) is 3.01. The number of carbonyl (C=O) groups excluding carboxylic acids is 5. The minimum Gasteiger partial charge on any atom is -0.456 e. The monoisotopic (exact) mass is 413 g/mol. The fraction of sp³-hybridized carbons (Fsp3) is 0.381. The van der Waals surface area contributed by atoms with Gasteiger partial charge in [-0.3, -0.25) is 28.9 Å². The Morgan fingerprint density at radius 2 is 1.63 bits per heavy atom. The molecule has 0 bridgehead atoms. The van der Waals surface area contributed by atoms with E-state index < -0.39 is 18.5 Å². The third kappa shape index (κ3) is 4.73. The number of nitrogens with zero attached hydrogens (tertiary/aromatic N) is 1. The lowest BCUT2D eigenvalue weighted by Crippen LogP contribution is -2.33. The minimum atomic E-state index is -0.672. The number of carbonyl (C=O) groups is 5. The van der Waals surface area contributed by atoms with Crippen LogP contribution in [0.15, 0.2) is 36.4 Å². The van der Waals surface area contributed by atoms with E-state index in [9.17, 15) is 24.0 Å². The predicted molar refractivity (Wildman–Crippen MR) is 106 cm³/mol. The van der Waals surface area contributed by atoms with Crippen molar-refractivity contribution in [3.8, 4) is 0 Å². The lowest BCUT2D eigenvalue weighted by atomic mass is 9.85. The Morgan fingerprint density at radius 1 is 1.03 bits per heavy atom. The van der Waals surface area contributed by atoms with E-state index in [0.717, 1.165) is 4.90 Å². The van der Waals surface area contributed by atoms with Gasteiger partial charge in [-0.25, -0.2) is 0 Å². The molecule has 3 rings (SSSR count). The summed E-state index contributed by atoms with van der Waals surface area (Å²) in [5, 5.41) is 5.05. The molecule has 9 nitrogen and oxygen atoms in total. The van der Waals surface area contributed by atoms with Crippen molar-refractivity contribution in [1.82, 2.24) is 10.2 Å². The van der Waals surface area contributed by atoms with Gasteiger partial charge in [-0.2, -0.15) is 0 Å². The first-order valence-electron chi connectivity index (χ1n) is 9.68. The molecule has 0 saturated carbocycles. The Morgan fingerprint density at radius 3 is 2.20 bits per heavy atom. The zero-order valence-corrected chi connectivity index (χ0v) is 16.6. The van der Waals surface area contributed by atoms with Gasteiger partial charge in [-0.1, -0.05) is 12.2 Å². The van der Waals surface area contributed by atoms with E-state index in [1.165, 1.54) is 7.05 Å². The van der Waals surface area contributed by atoms with E-state index in [2.05, 4.69) is 10.6 Å². The van der Waals surface area contributed by atoms with Crippen molar-refractivity contribution < 1.29 is 28.7 Å². The maximum Gasteiger partial charge on any atom is 0.308 e. The Balaban J connectivity index is 1.41. The van der Waals surface area contributed by atoms with Crippen LogP contribution in [0.1, 0.15) is 29.6 Å². The summed E-state index contributed by atoms with van der Waals surface area (Å²) in [5.41, 5.74) is 0.900. The molecule has 1 fully saturated rings. The van der Waals surface area contributed by atoms with Gasteiger partial charge in [0.1, 0.15) is 0 Å². The first-order valence-corrected chi connectivity index (χ1v) is 9.68. The van der Waals surface area contributed by atoms with Gasteiger partial charge < -0.3 is 15.4 Å². The zero-order chi connectivity index (χ0) is 21.7. The topological polar surface area (TPSA) is 122 Å². The van der Waals surface area contributed by atoms with Crippen molar-refractivity contribution in [2.75, 3.05) is 25.5 Å². The number of likely N-dealkylation sites (tertiary alicyclic amines) is 1. The third-order valence-electron chi connectivity index (χ3n) is 5.16. The summed E-state index contributed by atoms with van der Waals surface area (Å²) in [6.45, 7) is -0.542. The summed E-state index contributed by atoms with van der Waals surface area (Å²) < 4.78 is 4.93. The van der Waals surface area contributed by atoms with Gasteiger partial charge in [0.05, 0.1) is 18.3 Å². The van der Waals surface area contributed by atoms with Gasteiger partial charge in [0.25, 0.3) is 11.8 Å². The molecule has 0 spiro atoms. The smallest absolute Gasteiger partial charge is 0.308 e. The third-order valence-corrected chi connectivity index (χ3v) is 5.16. The first-order chi connectivity index (χ1) is 14.4. The highest BCUT2D eigenvalue weighted by atomic mass is 16.5. The van der Waals surface area contributed by atoms with Gasteiger partial charge in [0, 0.05) is 24.8 Å². The molecule has 1 aromatic carbocycles. The molecular formula is C21H23N3O6. The summed E-state index contributed by atoms with van der Waals surface area (Å²) in [6.07, 6.45) is 4.71. The fourth-order valence-corrected chi connectivity index (χ4v) is 3.56. The van der Waals surface area contributed by atoms with Crippen LogP contribution >= 0.6 is 0 Å². The number of hydrogen-bond acceptors (Lipinski definition) is 6. The van der Waals surface area contributed by atoms with Gasteiger partial charge in [-0.15, -0.1) is 0 Å². The van der Waals surface area contributed by atoms with E-state index in [-0.39, 0.29) is 42.5 Å². The van der Waals surface area contributed by atoms with E-state index in [0.29, 0.717) is 24.1 Å². The molecule has 4 amide bonds. The van der Waals surface area contributed by atoms with E-state index >= 15 is 0 Å². The average molecular weight is 413 g/mol. The zero-order valence-electron chi connectivity index (χ0n) is 16.6. The first kappa shape index (κ1) is 21.2. The van der Waals surface area contributed by atoms with Crippen molar-refractivity contribution in [2.24, 2.45) is 11.8 Å². The fourth-order valence-electron chi connectivity index (χ4n) is 3.56. The van der Waals surface area contributed by atoms with Crippen LogP contribution in [0.3, 0.4) is 0 Å². The summed E-state index contributed by atoms with van der Waals surface area (Å²) in [4.78, 5) is 61.2. The van der Waals surface area contributed by atoms with Crippen molar-refractivity contribution in [1.29, 1.82) is 0 Å². The van der Waals surface area contributed by atoms with Crippen LogP contribution < -0.4 is 10.6 Å². The van der Waals surface area contributed by atoms with Gasteiger partial charge in [0.15, 0.2) is 6.61 Å². The molecule has 1 saturated heterocycles. The normalized spacial score (nSPS) is 20.0. The van der Waals surface area contributed by atoms with Gasteiger partial charge in [0.2, 0.25) is 11.8 Å². The lowest BCUT2D eigenvalue weighted by Gasteiger charge is -2.14. The van der Waals surface area contributed by atoms with Crippen molar-refractivity contribution in [3.05, 3.63) is 42.0 Å². The Kier molecular flexibility index (Phi) is 6.61. The molecule has 0 radical (unpaired) electrons. The Hall–Kier alpha value is -3.49. The van der Waals surface area contributed by atoms with Crippen LogP contribution in [-0.2, 0) is 23.9 Å². The van der Waals surface area contributed by atoms with E-state index in [1.54, 1.807) is 24.3 Å². The Labute approximate surface area is 173 Å². The number of benzene rings is 1. The maximum absolute atomic E-state index is 12.3. The molecule has 2 atom stereocenters. The second kappa shape index (κ2) is 9.34. The van der Waals surface area contributed by atoms with Gasteiger partial charge >= 0.3 is 5.97 Å². The molecule has 30 heavy (non-hydrogen) atoms. The molecule has 1 heterocycles. The van der Waals surface area contributed by atoms with E-state index in [4.69, 9.17) is 4.74 Å². The molecule has 1 aromatic rings. The molecule has 1 aliphatic heterocycles. The minimum absolute atomic E-state index is 0.0495. The van der Waals surface area contributed by atoms with Crippen LogP contribution in [0.5, 0.6) is 0 Å². The highest BCUT2D eigenvalue weighted by Crippen LogP contribution is 2.34. The number of rotatable bonds is 7. The molecule has 0 unspecified atom stereocenters. The molecule has 9 heteroatoms. The SMILES string of the molecule is CNC(=O)c1ccc(NC(=O)COC(=O)CCN2C(=O)[C@H]3CC=CC[C@H]3C2=O)cc1. The summed E-state index contributed by atoms with van der Waals surface area (Å²) >= 11 is 0. The maximum atomic E-state index is 12.3. The number of imide groups is 1. The summed E-state index contributed by atoms with van der Waals surface area (Å²) in [7, 11) is 1.52. The van der Waals surface area contributed by atoms with Crippen LogP contribution in [0, 0.1) is 11.8 Å². The number of ether oxygens (including phenoxy) is 1. The molecule has 0 aromatic heterocycles. The van der Waals surface area contributed by atoms with Crippen molar-refractivity contribution in [3.63, 3.8) is 0 Å². The number of fused-ring (bicyclic) bond motifs is 1. The molecule has 1 aliphatic carbocycles. The second-order valence-corrected chi connectivity index (χ2v) is 7.10. The highest BCUT2D eigenvalue weighted by Gasteiger charge is 2.46. The number of allylic oxidation sites excluding steroid dienone is 2. The van der Waals surface area contributed by atoms with Crippen molar-refractivity contribution in [2.45, 2.75) is 19.3 Å². The summed E-state index contributed by atoms with van der Waals surface area (Å²) in [5.74, 6) is -2.62. The molecule has 2 aliphatic rings. The van der Waals surface area contributed by atoms with Crippen LogP contribution in [0.2, 0.25) is 0 Å². The molecular weight excluding hydrogens is 390 g/mol. The van der Waals surface area contributed by atoms with Crippen LogP contribution in [-0.4, -0.2) is 54.7 Å².